The van der Waals surface area contributed by atoms with E-state index in [0.717, 1.165) is 16.0 Å². The summed E-state index contributed by atoms with van der Waals surface area (Å²) in [4.78, 5) is 40.7. The monoisotopic (exact) mass is 366 g/mol. The topological polar surface area (TPSA) is 66.9 Å². The lowest BCUT2D eigenvalue weighted by Gasteiger charge is -2.21. The molecule has 1 aliphatic rings. The van der Waals surface area contributed by atoms with Crippen molar-refractivity contribution in [3.8, 4) is 0 Å². The summed E-state index contributed by atoms with van der Waals surface area (Å²) in [7, 11) is 0. The quantitative estimate of drug-likeness (QED) is 0.599. The predicted molar refractivity (Wildman–Crippen MR) is 103 cm³/mol. The van der Waals surface area contributed by atoms with E-state index in [0.29, 0.717) is 11.4 Å². The molecule has 0 bridgehead atoms. The van der Waals surface area contributed by atoms with Crippen LogP contribution < -0.4 is 9.80 Å². The van der Waals surface area contributed by atoms with E-state index in [1.54, 1.807) is 31.2 Å². The highest BCUT2D eigenvalue weighted by atomic mass is 16.5. The number of carbonyl (C=O) groups is 3. The normalized spacial score (nSPS) is 16.8. The second-order valence-electron chi connectivity index (χ2n) is 6.52. The highest BCUT2D eigenvalue weighted by Gasteiger charge is 2.47. The number of aryl methyl sites for hydroxylation is 2. The number of benzene rings is 2. The molecule has 0 N–H and O–H groups in total. The van der Waals surface area contributed by atoms with E-state index >= 15 is 0 Å². The third kappa shape index (κ3) is 3.69. The van der Waals surface area contributed by atoms with Gasteiger partial charge in [-0.2, -0.15) is 0 Å². The molecule has 6 nitrogen and oxygen atoms in total. The number of ether oxygens (including phenoxy) is 1. The lowest BCUT2D eigenvalue weighted by molar-refractivity contribution is -0.144. The van der Waals surface area contributed by atoms with Gasteiger partial charge in [0.1, 0.15) is 6.04 Å². The minimum absolute atomic E-state index is 0.186. The molecule has 140 valence electrons. The van der Waals surface area contributed by atoms with Crippen molar-refractivity contribution in [3.63, 3.8) is 0 Å². The number of imide groups is 1. The van der Waals surface area contributed by atoms with Crippen molar-refractivity contribution in [1.29, 1.82) is 0 Å². The molecule has 0 spiro atoms. The molecular weight excluding hydrogens is 344 g/mol. The van der Waals surface area contributed by atoms with Crippen LogP contribution in [0.15, 0.2) is 48.5 Å². The van der Waals surface area contributed by atoms with Crippen LogP contribution in [-0.2, 0) is 14.3 Å². The Balaban J connectivity index is 2.00. The Kier molecular flexibility index (Phi) is 5.26. The molecule has 1 saturated heterocycles. The number of nitrogens with zero attached hydrogens (tertiary/aromatic N) is 2. The predicted octanol–water partition coefficient (Wildman–Crippen LogP) is 3.60. The Labute approximate surface area is 158 Å². The molecule has 2 aromatic carbocycles. The largest absolute Gasteiger partial charge is 0.466 e. The molecule has 27 heavy (non-hydrogen) atoms. The van der Waals surface area contributed by atoms with E-state index in [4.69, 9.17) is 4.74 Å². The van der Waals surface area contributed by atoms with Gasteiger partial charge in [0.15, 0.2) is 0 Å². The van der Waals surface area contributed by atoms with E-state index in [-0.39, 0.29) is 13.0 Å². The van der Waals surface area contributed by atoms with Gasteiger partial charge in [-0.3, -0.25) is 14.5 Å². The first-order valence-electron chi connectivity index (χ1n) is 8.88. The first-order chi connectivity index (χ1) is 12.9. The van der Waals surface area contributed by atoms with Crippen molar-refractivity contribution in [3.05, 3.63) is 59.7 Å². The molecule has 0 radical (unpaired) electrons. The first kappa shape index (κ1) is 18.6. The number of esters is 1. The van der Waals surface area contributed by atoms with E-state index in [9.17, 15) is 14.4 Å². The van der Waals surface area contributed by atoms with Crippen molar-refractivity contribution in [2.75, 3.05) is 16.4 Å². The molecule has 0 saturated carbocycles. The Morgan fingerprint density at radius 2 is 1.44 bits per heavy atom. The van der Waals surface area contributed by atoms with Crippen LogP contribution in [0, 0.1) is 13.8 Å². The number of amides is 3. The lowest BCUT2D eigenvalue weighted by Crippen LogP contribution is -2.37. The molecular formula is C21H22N2O4. The van der Waals surface area contributed by atoms with Crippen molar-refractivity contribution >= 4 is 29.3 Å². The Hall–Kier alpha value is -3.15. The average molecular weight is 366 g/mol. The maximum atomic E-state index is 13.1. The van der Waals surface area contributed by atoms with E-state index in [1.165, 1.54) is 4.90 Å². The molecule has 1 atom stereocenters. The van der Waals surface area contributed by atoms with Gasteiger partial charge in [0, 0.05) is 5.69 Å². The van der Waals surface area contributed by atoms with Crippen molar-refractivity contribution in [1.82, 2.24) is 0 Å². The van der Waals surface area contributed by atoms with Gasteiger partial charge in [0.05, 0.1) is 18.7 Å². The molecule has 1 unspecified atom stereocenters. The van der Waals surface area contributed by atoms with Crippen LogP contribution in [-0.4, -0.2) is 30.6 Å². The Bertz CT molecular complexity index is 859. The number of hydrogen-bond donors (Lipinski definition) is 0. The minimum atomic E-state index is -0.930. The fraction of sp³-hybridized carbons (Fsp3) is 0.286. The highest BCUT2D eigenvalue weighted by molar-refractivity contribution is 6.29. The van der Waals surface area contributed by atoms with Gasteiger partial charge in [0.2, 0.25) is 0 Å². The molecule has 2 aromatic rings. The summed E-state index contributed by atoms with van der Waals surface area (Å²) in [5.41, 5.74) is 3.12. The minimum Gasteiger partial charge on any atom is -0.466 e. The lowest BCUT2D eigenvalue weighted by atomic mass is 10.1. The van der Waals surface area contributed by atoms with Gasteiger partial charge >= 0.3 is 12.0 Å². The van der Waals surface area contributed by atoms with Crippen LogP contribution in [0.3, 0.4) is 0 Å². The fourth-order valence-electron chi connectivity index (χ4n) is 3.08. The Morgan fingerprint density at radius 1 is 0.926 bits per heavy atom. The van der Waals surface area contributed by atoms with Crippen molar-refractivity contribution in [2.45, 2.75) is 33.2 Å². The van der Waals surface area contributed by atoms with Gasteiger partial charge < -0.3 is 4.74 Å². The van der Waals surface area contributed by atoms with Gasteiger partial charge in [-0.05, 0) is 45.0 Å². The third-order valence-corrected chi connectivity index (χ3v) is 4.48. The standard InChI is InChI=1S/C21H22N2O4/c1-4-27-19(24)13-18-20(25)23(17-11-7-15(3)8-12-17)21(26)22(18)16-9-5-14(2)6-10-16/h5-12,18H,4,13H2,1-3H3. The third-order valence-electron chi connectivity index (χ3n) is 4.48. The summed E-state index contributed by atoms with van der Waals surface area (Å²) in [6.07, 6.45) is -0.186. The Morgan fingerprint density at radius 3 is 1.96 bits per heavy atom. The summed E-state index contributed by atoms with van der Waals surface area (Å²) >= 11 is 0. The fourth-order valence-corrected chi connectivity index (χ4v) is 3.08. The number of carbonyl (C=O) groups excluding carboxylic acids is 3. The van der Waals surface area contributed by atoms with Gasteiger partial charge in [-0.25, -0.2) is 9.69 Å². The summed E-state index contributed by atoms with van der Waals surface area (Å²) in [5.74, 6) is -0.941. The maximum Gasteiger partial charge on any atom is 0.336 e. The van der Waals surface area contributed by atoms with E-state index < -0.39 is 23.9 Å². The van der Waals surface area contributed by atoms with E-state index in [2.05, 4.69) is 0 Å². The molecule has 3 rings (SSSR count). The molecule has 0 aliphatic carbocycles. The van der Waals surface area contributed by atoms with Gasteiger partial charge in [0.25, 0.3) is 5.91 Å². The molecule has 1 heterocycles. The smallest absolute Gasteiger partial charge is 0.336 e. The summed E-state index contributed by atoms with van der Waals surface area (Å²) in [6.45, 7) is 5.80. The van der Waals surface area contributed by atoms with Crippen LogP contribution in [0.1, 0.15) is 24.5 Å². The molecule has 6 heteroatoms. The summed E-state index contributed by atoms with van der Waals surface area (Å²) in [5, 5.41) is 0. The second-order valence-corrected chi connectivity index (χ2v) is 6.52. The van der Waals surface area contributed by atoms with Crippen LogP contribution in [0.5, 0.6) is 0 Å². The first-order valence-corrected chi connectivity index (χ1v) is 8.88. The number of urea groups is 1. The SMILES string of the molecule is CCOC(=O)CC1C(=O)N(c2ccc(C)cc2)C(=O)N1c1ccc(C)cc1. The van der Waals surface area contributed by atoms with Gasteiger partial charge in [-0.1, -0.05) is 35.4 Å². The zero-order valence-corrected chi connectivity index (χ0v) is 15.6. The zero-order valence-electron chi connectivity index (χ0n) is 15.6. The zero-order chi connectivity index (χ0) is 19.6. The van der Waals surface area contributed by atoms with Crippen LogP contribution in [0.2, 0.25) is 0 Å². The number of anilines is 2. The van der Waals surface area contributed by atoms with Gasteiger partial charge in [-0.15, -0.1) is 0 Å². The number of rotatable bonds is 5. The van der Waals surface area contributed by atoms with E-state index in [1.807, 2.05) is 38.1 Å². The van der Waals surface area contributed by atoms with Crippen molar-refractivity contribution in [2.24, 2.45) is 0 Å². The molecule has 1 aliphatic heterocycles. The summed E-state index contributed by atoms with van der Waals surface area (Å²) in [6, 6.07) is 13.0. The number of hydrogen-bond acceptors (Lipinski definition) is 4. The average Bonchev–Trinajstić information content (AvgIpc) is 2.87. The maximum absolute atomic E-state index is 13.1. The molecule has 0 aromatic heterocycles. The highest BCUT2D eigenvalue weighted by Crippen LogP contribution is 2.31. The van der Waals surface area contributed by atoms with Crippen molar-refractivity contribution < 1.29 is 19.1 Å². The molecule has 3 amide bonds. The molecule has 1 fully saturated rings. The summed E-state index contributed by atoms with van der Waals surface area (Å²) < 4.78 is 5.00. The second kappa shape index (κ2) is 7.61. The van der Waals surface area contributed by atoms with Crippen LogP contribution >= 0.6 is 0 Å². The van der Waals surface area contributed by atoms with Crippen LogP contribution in [0.4, 0.5) is 16.2 Å². The van der Waals surface area contributed by atoms with Crippen LogP contribution in [0.25, 0.3) is 0 Å².